The van der Waals surface area contributed by atoms with Crippen molar-refractivity contribution in [3.63, 3.8) is 0 Å². The van der Waals surface area contributed by atoms with Gasteiger partial charge >= 0.3 is 0 Å². The van der Waals surface area contributed by atoms with Crippen molar-refractivity contribution in [2.24, 2.45) is 0 Å². The maximum absolute atomic E-state index is 6.45. The molecule has 1 aromatic carbocycles. The molecule has 118 valence electrons. The van der Waals surface area contributed by atoms with Crippen LogP contribution in [-0.2, 0) is 20.5 Å². The molecule has 2 atom stereocenters. The first-order valence-corrected chi connectivity index (χ1v) is 10.6. The van der Waals surface area contributed by atoms with E-state index in [9.17, 15) is 0 Å². The molecule has 4 heteroatoms. The first-order chi connectivity index (χ1) is 9.79. The van der Waals surface area contributed by atoms with E-state index in [0.29, 0.717) is 13.2 Å². The van der Waals surface area contributed by atoms with Crippen LogP contribution in [0, 0.1) is 0 Å². The van der Waals surface area contributed by atoms with Gasteiger partial charge in [0.25, 0.3) is 0 Å². The molecular formula is C17H28O3Si. The molecule has 1 fully saturated rings. The summed E-state index contributed by atoms with van der Waals surface area (Å²) < 4.78 is 17.8. The third-order valence-corrected chi connectivity index (χ3v) is 8.92. The average Bonchev–Trinajstić information content (AvgIpc) is 3.21. The third kappa shape index (κ3) is 4.92. The molecular weight excluding hydrogens is 280 g/mol. The Balaban J connectivity index is 1.86. The number of hydrogen-bond acceptors (Lipinski definition) is 3. The van der Waals surface area contributed by atoms with Crippen LogP contribution in [0.3, 0.4) is 0 Å². The minimum Gasteiger partial charge on any atom is -0.409 e. The highest BCUT2D eigenvalue weighted by Crippen LogP contribution is 2.38. The van der Waals surface area contributed by atoms with E-state index in [4.69, 9.17) is 13.9 Å². The fraction of sp³-hybridized carbons (Fsp3) is 0.647. The molecule has 1 aromatic rings. The number of rotatable bonds is 7. The molecule has 1 aliphatic heterocycles. The lowest BCUT2D eigenvalue weighted by Gasteiger charge is -2.38. The van der Waals surface area contributed by atoms with Crippen molar-refractivity contribution in [3.05, 3.63) is 35.9 Å². The molecule has 0 saturated carbocycles. The SMILES string of the molecule is CC(C)(C)[Si](C)(C)O[C@H](COCc1ccccc1)[C@H]1CO1. The summed E-state index contributed by atoms with van der Waals surface area (Å²) in [6.07, 6.45) is 0.282. The van der Waals surface area contributed by atoms with Crippen molar-refractivity contribution < 1.29 is 13.9 Å². The van der Waals surface area contributed by atoms with Crippen LogP contribution in [0.1, 0.15) is 26.3 Å². The summed E-state index contributed by atoms with van der Waals surface area (Å²) in [4.78, 5) is 0. The molecule has 1 heterocycles. The second-order valence-corrected chi connectivity index (χ2v) is 12.0. The minimum absolute atomic E-state index is 0.0644. The van der Waals surface area contributed by atoms with Crippen molar-refractivity contribution in [3.8, 4) is 0 Å². The third-order valence-electron chi connectivity index (χ3n) is 4.42. The quantitative estimate of drug-likeness (QED) is 0.563. The van der Waals surface area contributed by atoms with E-state index in [1.54, 1.807) is 0 Å². The van der Waals surface area contributed by atoms with Gasteiger partial charge in [0.1, 0.15) is 6.10 Å². The minimum atomic E-state index is -1.78. The zero-order chi connectivity index (χ0) is 15.5. The second kappa shape index (κ2) is 6.61. The van der Waals surface area contributed by atoms with Crippen molar-refractivity contribution in [2.45, 2.75) is 57.7 Å². The fourth-order valence-electron chi connectivity index (χ4n) is 1.91. The maximum Gasteiger partial charge on any atom is 0.192 e. The summed E-state index contributed by atoms with van der Waals surface area (Å²) >= 11 is 0. The second-order valence-electron chi connectivity index (χ2n) is 7.29. The summed E-state index contributed by atoms with van der Waals surface area (Å²) in [5.74, 6) is 0. The van der Waals surface area contributed by atoms with Crippen LogP contribution < -0.4 is 0 Å². The van der Waals surface area contributed by atoms with E-state index >= 15 is 0 Å². The highest BCUT2D eigenvalue weighted by molar-refractivity contribution is 6.74. The molecule has 0 bridgehead atoms. The van der Waals surface area contributed by atoms with Gasteiger partial charge < -0.3 is 13.9 Å². The number of ether oxygens (including phenoxy) is 2. The normalized spacial score (nSPS) is 20.3. The van der Waals surface area contributed by atoms with Crippen LogP contribution in [0.4, 0.5) is 0 Å². The molecule has 0 radical (unpaired) electrons. The van der Waals surface area contributed by atoms with Crippen LogP contribution in [0.5, 0.6) is 0 Å². The van der Waals surface area contributed by atoms with Crippen molar-refractivity contribution in [1.82, 2.24) is 0 Å². The van der Waals surface area contributed by atoms with Gasteiger partial charge in [-0.3, -0.25) is 0 Å². The first kappa shape index (κ1) is 16.7. The van der Waals surface area contributed by atoms with E-state index in [0.717, 1.165) is 6.61 Å². The molecule has 0 aliphatic carbocycles. The van der Waals surface area contributed by atoms with Gasteiger partial charge in [0.2, 0.25) is 0 Å². The van der Waals surface area contributed by atoms with Gasteiger partial charge in [-0.25, -0.2) is 0 Å². The Morgan fingerprint density at radius 2 is 1.86 bits per heavy atom. The highest BCUT2D eigenvalue weighted by atomic mass is 28.4. The van der Waals surface area contributed by atoms with E-state index in [1.807, 2.05) is 18.2 Å². The van der Waals surface area contributed by atoms with Gasteiger partial charge in [-0.2, -0.15) is 0 Å². The van der Waals surface area contributed by atoms with Crippen LogP contribution in [0.2, 0.25) is 18.1 Å². The van der Waals surface area contributed by atoms with Crippen LogP contribution in [0.25, 0.3) is 0 Å². The lowest BCUT2D eigenvalue weighted by atomic mass is 10.2. The van der Waals surface area contributed by atoms with Gasteiger partial charge in [-0.1, -0.05) is 51.1 Å². The molecule has 0 unspecified atom stereocenters. The van der Waals surface area contributed by atoms with Crippen molar-refractivity contribution in [1.29, 1.82) is 0 Å². The number of hydrogen-bond donors (Lipinski definition) is 0. The fourth-order valence-corrected chi connectivity index (χ4v) is 3.24. The summed E-state index contributed by atoms with van der Waals surface area (Å²) in [6.45, 7) is 13.4. The molecule has 0 aromatic heterocycles. The van der Waals surface area contributed by atoms with Gasteiger partial charge in [0, 0.05) is 0 Å². The van der Waals surface area contributed by atoms with Crippen molar-refractivity contribution in [2.75, 3.05) is 13.2 Å². The maximum atomic E-state index is 6.45. The summed E-state index contributed by atoms with van der Waals surface area (Å²) in [7, 11) is -1.78. The van der Waals surface area contributed by atoms with E-state index in [-0.39, 0.29) is 17.2 Å². The number of benzene rings is 1. The molecule has 0 spiro atoms. The van der Waals surface area contributed by atoms with Crippen LogP contribution >= 0.6 is 0 Å². The first-order valence-electron chi connectivity index (χ1n) is 7.71. The zero-order valence-electron chi connectivity index (χ0n) is 13.9. The Labute approximate surface area is 129 Å². The van der Waals surface area contributed by atoms with Crippen LogP contribution in [0.15, 0.2) is 30.3 Å². The molecule has 1 saturated heterocycles. The predicted octanol–water partition coefficient (Wildman–Crippen LogP) is 3.99. The van der Waals surface area contributed by atoms with Crippen molar-refractivity contribution >= 4 is 8.32 Å². The lowest BCUT2D eigenvalue weighted by Crippen LogP contribution is -2.46. The summed E-state index contributed by atoms with van der Waals surface area (Å²) in [5.41, 5.74) is 1.19. The van der Waals surface area contributed by atoms with Crippen LogP contribution in [-0.4, -0.2) is 33.7 Å². The molecule has 2 rings (SSSR count). The molecule has 1 aliphatic rings. The molecule has 0 N–H and O–H groups in total. The smallest absolute Gasteiger partial charge is 0.192 e. The van der Waals surface area contributed by atoms with Gasteiger partial charge in [-0.15, -0.1) is 0 Å². The Kier molecular flexibility index (Phi) is 5.25. The molecule has 0 amide bonds. The van der Waals surface area contributed by atoms with Gasteiger partial charge in [0.05, 0.1) is 25.9 Å². The Hall–Kier alpha value is -0.683. The van der Waals surface area contributed by atoms with Gasteiger partial charge in [0.15, 0.2) is 8.32 Å². The van der Waals surface area contributed by atoms with E-state index in [2.05, 4.69) is 46.0 Å². The monoisotopic (exact) mass is 308 g/mol. The molecule has 3 nitrogen and oxygen atoms in total. The predicted molar refractivity (Wildman–Crippen MR) is 87.9 cm³/mol. The Morgan fingerprint density at radius 1 is 1.24 bits per heavy atom. The molecule has 21 heavy (non-hydrogen) atoms. The van der Waals surface area contributed by atoms with E-state index in [1.165, 1.54) is 5.56 Å². The average molecular weight is 308 g/mol. The summed E-state index contributed by atoms with van der Waals surface area (Å²) in [6, 6.07) is 10.2. The Morgan fingerprint density at radius 3 is 2.38 bits per heavy atom. The largest absolute Gasteiger partial charge is 0.409 e. The topological polar surface area (TPSA) is 31.0 Å². The van der Waals surface area contributed by atoms with Gasteiger partial charge in [-0.05, 0) is 23.7 Å². The lowest BCUT2D eigenvalue weighted by molar-refractivity contribution is 0.0211. The summed E-state index contributed by atoms with van der Waals surface area (Å²) in [5, 5.41) is 0.208. The standard InChI is InChI=1S/C17H28O3Si/c1-17(2,3)21(4,5)20-16(15-13-19-15)12-18-11-14-9-7-6-8-10-14/h6-10,15-16H,11-13H2,1-5H3/t15-,16-/m1/s1. The Bertz CT molecular complexity index is 435. The van der Waals surface area contributed by atoms with E-state index < -0.39 is 8.32 Å². The zero-order valence-corrected chi connectivity index (χ0v) is 14.9. The highest BCUT2D eigenvalue weighted by Gasteiger charge is 2.43. The number of epoxide rings is 1.